The molecule has 11 nitrogen and oxygen atoms in total. The number of rotatable bonds is 5. The highest BCUT2D eigenvalue weighted by Gasteiger charge is 2.23. The molecule has 188 valence electrons. The summed E-state index contributed by atoms with van der Waals surface area (Å²) in [6.45, 7) is 2.32. The number of ether oxygens (including phenoxy) is 1. The third-order valence-corrected chi connectivity index (χ3v) is 6.60. The summed E-state index contributed by atoms with van der Waals surface area (Å²) in [5, 5.41) is 29.7. The van der Waals surface area contributed by atoms with Crippen molar-refractivity contribution in [1.82, 2.24) is 9.78 Å². The molecule has 3 N–H and O–H groups in total. The predicted molar refractivity (Wildman–Crippen MR) is 143 cm³/mol. The summed E-state index contributed by atoms with van der Waals surface area (Å²) in [6.07, 6.45) is 0. The fourth-order valence-electron chi connectivity index (χ4n) is 4.35. The summed E-state index contributed by atoms with van der Waals surface area (Å²) in [5.41, 5.74) is 7.25. The summed E-state index contributed by atoms with van der Waals surface area (Å²) in [6, 6.07) is 16.7. The van der Waals surface area contributed by atoms with Crippen LogP contribution in [0.2, 0.25) is 0 Å². The molecule has 2 heterocycles. The average molecular weight is 565 g/mol. The summed E-state index contributed by atoms with van der Waals surface area (Å²) in [7, 11) is 0. The van der Waals surface area contributed by atoms with Crippen LogP contribution in [0.1, 0.15) is 5.56 Å². The number of aromatic nitrogens is 2. The quantitative estimate of drug-likeness (QED) is 0.122. The normalized spacial score (nSPS) is 14.2. The minimum Gasteiger partial charge on any atom is -0.409 e. The number of nitrogens with two attached hydrogens (primary N) is 1. The van der Waals surface area contributed by atoms with Crippen LogP contribution in [0, 0.1) is 10.1 Å². The van der Waals surface area contributed by atoms with Crippen molar-refractivity contribution in [1.29, 1.82) is 0 Å². The standard InChI is InChI=1S/C25H21BrN6O5/c26-17-12-15(11-16(13-17)24(27)29-34)23-19-3-1-2-4-20(19)25(33)31(28-23)22-14-18(5-6-21(22)32(35)36)30-7-9-37-10-8-30/h1-6,11-14,34H,7-10H2,(H2,27,29). The molecule has 0 aliphatic carbocycles. The molecule has 37 heavy (non-hydrogen) atoms. The van der Waals surface area contributed by atoms with E-state index < -0.39 is 10.5 Å². The molecule has 0 radical (unpaired) electrons. The maximum atomic E-state index is 13.6. The molecule has 3 aromatic carbocycles. The first-order valence-electron chi connectivity index (χ1n) is 11.3. The highest BCUT2D eigenvalue weighted by molar-refractivity contribution is 9.10. The van der Waals surface area contributed by atoms with Gasteiger partial charge in [0.05, 0.1) is 29.2 Å². The minimum atomic E-state index is -0.531. The van der Waals surface area contributed by atoms with Gasteiger partial charge < -0.3 is 20.6 Å². The van der Waals surface area contributed by atoms with E-state index in [0.717, 1.165) is 10.4 Å². The molecule has 0 unspecified atom stereocenters. The molecule has 1 fully saturated rings. The van der Waals surface area contributed by atoms with E-state index in [1.165, 1.54) is 6.07 Å². The summed E-state index contributed by atoms with van der Waals surface area (Å²) >= 11 is 3.44. The maximum absolute atomic E-state index is 13.6. The molecule has 5 rings (SSSR count). The molecule has 1 saturated heterocycles. The molecular weight excluding hydrogens is 544 g/mol. The Balaban J connectivity index is 1.79. The zero-order chi connectivity index (χ0) is 26.1. The van der Waals surface area contributed by atoms with E-state index in [1.54, 1.807) is 54.6 Å². The molecule has 0 saturated carbocycles. The van der Waals surface area contributed by atoms with Crippen molar-refractivity contribution in [2.45, 2.75) is 0 Å². The molecule has 4 aromatic rings. The molecule has 0 atom stereocenters. The van der Waals surface area contributed by atoms with Crippen LogP contribution in [0.25, 0.3) is 27.7 Å². The van der Waals surface area contributed by atoms with Crippen LogP contribution in [0.5, 0.6) is 0 Å². The zero-order valence-corrected chi connectivity index (χ0v) is 21.0. The van der Waals surface area contributed by atoms with Crippen molar-refractivity contribution in [2.24, 2.45) is 10.9 Å². The zero-order valence-electron chi connectivity index (χ0n) is 19.4. The number of anilines is 1. The highest BCUT2D eigenvalue weighted by Crippen LogP contribution is 2.32. The third-order valence-electron chi connectivity index (χ3n) is 6.14. The van der Waals surface area contributed by atoms with Gasteiger partial charge in [0, 0.05) is 45.8 Å². The van der Waals surface area contributed by atoms with Crippen molar-refractivity contribution >= 4 is 43.9 Å². The number of fused-ring (bicyclic) bond motifs is 1. The highest BCUT2D eigenvalue weighted by atomic mass is 79.9. The molecule has 12 heteroatoms. The van der Waals surface area contributed by atoms with E-state index in [2.05, 4.69) is 26.2 Å². The fraction of sp³-hybridized carbons (Fsp3) is 0.160. The predicted octanol–water partition coefficient (Wildman–Crippen LogP) is 3.65. The second-order valence-corrected chi connectivity index (χ2v) is 9.27. The lowest BCUT2D eigenvalue weighted by molar-refractivity contribution is -0.384. The van der Waals surface area contributed by atoms with E-state index in [0.29, 0.717) is 58.4 Å². The van der Waals surface area contributed by atoms with Crippen LogP contribution in [-0.2, 0) is 4.74 Å². The number of benzene rings is 3. The van der Waals surface area contributed by atoms with Gasteiger partial charge in [-0.2, -0.15) is 9.78 Å². The Kier molecular flexibility index (Phi) is 6.59. The van der Waals surface area contributed by atoms with Crippen LogP contribution in [0.4, 0.5) is 11.4 Å². The number of nitrogens with zero attached hydrogens (tertiary/aromatic N) is 5. The molecule has 1 aliphatic heterocycles. The van der Waals surface area contributed by atoms with Crippen molar-refractivity contribution in [3.63, 3.8) is 0 Å². The van der Waals surface area contributed by atoms with Gasteiger partial charge in [-0.05, 0) is 36.4 Å². The Labute approximate surface area is 218 Å². The Bertz CT molecular complexity index is 1610. The first-order chi connectivity index (χ1) is 17.9. The summed E-state index contributed by atoms with van der Waals surface area (Å²) in [4.78, 5) is 27.1. The van der Waals surface area contributed by atoms with Crippen molar-refractivity contribution < 1.29 is 14.9 Å². The topological polar surface area (TPSA) is 149 Å². The van der Waals surface area contributed by atoms with Crippen molar-refractivity contribution in [2.75, 3.05) is 31.2 Å². The number of halogens is 1. The first kappa shape index (κ1) is 24.4. The Morgan fingerprint density at radius 1 is 1.11 bits per heavy atom. The molecule has 0 spiro atoms. The van der Waals surface area contributed by atoms with E-state index in [1.807, 2.05) is 4.90 Å². The molecule has 1 aromatic heterocycles. The van der Waals surface area contributed by atoms with Gasteiger partial charge in [-0.25, -0.2) is 0 Å². The van der Waals surface area contributed by atoms with E-state index in [-0.39, 0.29) is 17.2 Å². The van der Waals surface area contributed by atoms with E-state index >= 15 is 0 Å². The molecular formula is C25H21BrN6O5. The number of nitro benzene ring substituents is 1. The number of hydrogen-bond donors (Lipinski definition) is 2. The number of hydrogen-bond acceptors (Lipinski definition) is 8. The number of oxime groups is 1. The lowest BCUT2D eigenvalue weighted by Crippen LogP contribution is -2.36. The number of morpholine rings is 1. The maximum Gasteiger partial charge on any atom is 0.295 e. The van der Waals surface area contributed by atoms with Crippen LogP contribution < -0.4 is 16.2 Å². The van der Waals surface area contributed by atoms with E-state index in [4.69, 9.17) is 15.7 Å². The van der Waals surface area contributed by atoms with Gasteiger partial charge in [0.1, 0.15) is 5.69 Å². The van der Waals surface area contributed by atoms with Gasteiger partial charge in [-0.3, -0.25) is 14.9 Å². The fourth-order valence-corrected chi connectivity index (χ4v) is 4.85. The van der Waals surface area contributed by atoms with Gasteiger partial charge in [0.2, 0.25) is 0 Å². The van der Waals surface area contributed by atoms with Crippen molar-refractivity contribution in [3.05, 3.63) is 91.2 Å². The van der Waals surface area contributed by atoms with Gasteiger partial charge in [0.15, 0.2) is 5.84 Å². The SMILES string of the molecule is N/C(=N/O)c1cc(Br)cc(-c2nn(-c3cc(N4CCOCC4)ccc3[N+](=O)[O-])c(=O)c3ccccc23)c1. The first-order valence-corrected chi connectivity index (χ1v) is 12.1. The lowest BCUT2D eigenvalue weighted by Gasteiger charge is -2.29. The largest absolute Gasteiger partial charge is 0.409 e. The Morgan fingerprint density at radius 3 is 2.54 bits per heavy atom. The second kappa shape index (κ2) is 9.99. The van der Waals surface area contributed by atoms with Crippen LogP contribution in [0.3, 0.4) is 0 Å². The van der Waals surface area contributed by atoms with Crippen LogP contribution >= 0.6 is 15.9 Å². The third kappa shape index (κ3) is 4.63. The minimum absolute atomic E-state index is 0.0534. The summed E-state index contributed by atoms with van der Waals surface area (Å²) < 4.78 is 7.13. The average Bonchev–Trinajstić information content (AvgIpc) is 2.92. The van der Waals surface area contributed by atoms with Gasteiger partial charge in [-0.1, -0.05) is 39.3 Å². The molecule has 1 aliphatic rings. The Morgan fingerprint density at radius 2 is 1.84 bits per heavy atom. The monoisotopic (exact) mass is 564 g/mol. The summed E-state index contributed by atoms with van der Waals surface area (Å²) in [5.74, 6) is -0.103. The van der Waals surface area contributed by atoms with Crippen molar-refractivity contribution in [3.8, 4) is 16.9 Å². The second-order valence-electron chi connectivity index (χ2n) is 8.35. The van der Waals surface area contributed by atoms with Gasteiger partial charge in [0.25, 0.3) is 11.2 Å². The molecule has 0 amide bonds. The van der Waals surface area contributed by atoms with Crippen LogP contribution in [-0.4, -0.2) is 52.0 Å². The van der Waals surface area contributed by atoms with Gasteiger partial charge >= 0.3 is 0 Å². The lowest BCUT2D eigenvalue weighted by atomic mass is 10.0. The number of amidine groups is 1. The molecule has 0 bridgehead atoms. The van der Waals surface area contributed by atoms with Gasteiger partial charge in [-0.15, -0.1) is 0 Å². The Hall–Kier alpha value is -4.29. The number of nitro groups is 1. The smallest absolute Gasteiger partial charge is 0.295 e. The van der Waals surface area contributed by atoms with E-state index in [9.17, 15) is 14.9 Å². The van der Waals surface area contributed by atoms with Crippen LogP contribution in [0.15, 0.2) is 75.1 Å².